The summed E-state index contributed by atoms with van der Waals surface area (Å²) in [6, 6.07) is 7.37. The first-order chi connectivity index (χ1) is 7.00. The number of hydrogen-bond acceptors (Lipinski definition) is 1. The van der Waals surface area contributed by atoms with Crippen molar-refractivity contribution in [1.82, 2.24) is 4.90 Å². The summed E-state index contributed by atoms with van der Waals surface area (Å²) in [6.45, 7) is 9.97. The number of rotatable bonds is 4. The van der Waals surface area contributed by atoms with Crippen LogP contribution >= 0.6 is 0 Å². The van der Waals surface area contributed by atoms with Crippen LogP contribution in [0.1, 0.15) is 30.5 Å². The lowest BCUT2D eigenvalue weighted by molar-refractivity contribution is 0.277. The van der Waals surface area contributed by atoms with Gasteiger partial charge in [-0.2, -0.15) is 0 Å². The topological polar surface area (TPSA) is 3.24 Å². The Morgan fingerprint density at radius 1 is 1.20 bits per heavy atom. The van der Waals surface area contributed by atoms with Crippen LogP contribution in [-0.4, -0.2) is 24.5 Å². The van der Waals surface area contributed by atoms with Gasteiger partial charge in [-0.05, 0) is 52.3 Å². The van der Waals surface area contributed by atoms with E-state index in [-0.39, 0.29) is 0 Å². The van der Waals surface area contributed by atoms with E-state index in [0.717, 1.165) is 13.0 Å². The van der Waals surface area contributed by atoms with Crippen molar-refractivity contribution in [2.75, 3.05) is 13.6 Å². The molecule has 0 saturated carbocycles. The molecule has 15 heavy (non-hydrogen) atoms. The maximum absolute atomic E-state index is 2.39. The molecular weight excluding hydrogens is 182 g/mol. The summed E-state index contributed by atoms with van der Waals surface area (Å²) in [5, 5.41) is 0. The van der Waals surface area contributed by atoms with Crippen LogP contribution in [0.3, 0.4) is 0 Å². The Kier molecular flexibility index (Phi) is 4.34. The molecule has 0 atom stereocenters. The van der Waals surface area contributed by atoms with Crippen molar-refractivity contribution in [2.45, 2.75) is 40.2 Å². The summed E-state index contributed by atoms with van der Waals surface area (Å²) in [4.78, 5) is 2.39. The van der Waals surface area contributed by atoms with Crippen molar-refractivity contribution in [3.63, 3.8) is 0 Å². The minimum Gasteiger partial charge on any atom is -0.304 e. The van der Waals surface area contributed by atoms with E-state index in [1.54, 1.807) is 0 Å². The molecule has 0 aliphatic heterocycles. The van der Waals surface area contributed by atoms with Crippen molar-refractivity contribution in [1.29, 1.82) is 0 Å². The zero-order valence-corrected chi connectivity index (χ0v) is 10.7. The highest BCUT2D eigenvalue weighted by Gasteiger charge is 2.04. The molecule has 1 aromatic rings. The summed E-state index contributed by atoms with van der Waals surface area (Å²) in [5.41, 5.74) is 4.26. The van der Waals surface area contributed by atoms with Gasteiger partial charge in [0.25, 0.3) is 0 Å². The van der Waals surface area contributed by atoms with Crippen molar-refractivity contribution in [3.8, 4) is 0 Å². The van der Waals surface area contributed by atoms with Crippen LogP contribution in [0.15, 0.2) is 18.2 Å². The van der Waals surface area contributed by atoms with Crippen LogP contribution < -0.4 is 0 Å². The average Bonchev–Trinajstić information content (AvgIpc) is 2.15. The maximum atomic E-state index is 2.39. The van der Waals surface area contributed by atoms with Gasteiger partial charge in [0.2, 0.25) is 0 Å². The molecule has 0 saturated heterocycles. The third kappa shape index (κ3) is 3.67. The Hall–Kier alpha value is -0.820. The Balaban J connectivity index is 2.58. The van der Waals surface area contributed by atoms with E-state index in [4.69, 9.17) is 0 Å². The number of hydrogen-bond donors (Lipinski definition) is 0. The molecule has 1 rings (SSSR count). The van der Waals surface area contributed by atoms with Crippen molar-refractivity contribution < 1.29 is 0 Å². The number of likely N-dealkylation sites (N-methyl/N-ethyl adjacent to an activating group) is 1. The molecular formula is C14H23N. The first-order valence-corrected chi connectivity index (χ1v) is 5.77. The monoisotopic (exact) mass is 205 g/mol. The zero-order chi connectivity index (χ0) is 11.4. The molecule has 0 aliphatic rings. The summed E-state index contributed by atoms with van der Waals surface area (Å²) in [5.74, 6) is 0. The van der Waals surface area contributed by atoms with Gasteiger partial charge >= 0.3 is 0 Å². The molecule has 0 aliphatic carbocycles. The van der Waals surface area contributed by atoms with E-state index in [0.29, 0.717) is 6.04 Å². The normalized spacial score (nSPS) is 11.4. The second kappa shape index (κ2) is 5.32. The van der Waals surface area contributed by atoms with Crippen molar-refractivity contribution in [2.24, 2.45) is 0 Å². The number of benzene rings is 1. The van der Waals surface area contributed by atoms with E-state index in [9.17, 15) is 0 Å². The van der Waals surface area contributed by atoms with Crippen molar-refractivity contribution >= 4 is 0 Å². The van der Waals surface area contributed by atoms with Crippen LogP contribution in [0.5, 0.6) is 0 Å². The fourth-order valence-electron chi connectivity index (χ4n) is 1.68. The van der Waals surface area contributed by atoms with Gasteiger partial charge in [0.15, 0.2) is 0 Å². The highest BCUT2D eigenvalue weighted by atomic mass is 15.1. The molecule has 84 valence electrons. The fraction of sp³-hybridized carbons (Fsp3) is 0.571. The Bertz CT molecular complexity index is 315. The van der Waals surface area contributed by atoms with Crippen molar-refractivity contribution in [3.05, 3.63) is 34.9 Å². The molecule has 1 aromatic carbocycles. The van der Waals surface area contributed by atoms with Crippen LogP contribution in [0.4, 0.5) is 0 Å². The molecule has 0 aromatic heterocycles. The lowest BCUT2D eigenvalue weighted by atomic mass is 10.0. The van der Waals surface area contributed by atoms with Gasteiger partial charge in [0, 0.05) is 12.6 Å². The second-order valence-electron chi connectivity index (χ2n) is 4.75. The van der Waals surface area contributed by atoms with Gasteiger partial charge in [-0.1, -0.05) is 23.8 Å². The number of nitrogens with zero attached hydrogens (tertiary/aromatic N) is 1. The summed E-state index contributed by atoms with van der Waals surface area (Å²) in [6.07, 6.45) is 1.15. The smallest absolute Gasteiger partial charge is 0.00356 e. The van der Waals surface area contributed by atoms with Crippen LogP contribution in [0.2, 0.25) is 0 Å². The third-order valence-electron chi connectivity index (χ3n) is 3.11. The minimum atomic E-state index is 0.635. The van der Waals surface area contributed by atoms with E-state index < -0.39 is 0 Å². The van der Waals surface area contributed by atoms with Crippen LogP contribution in [-0.2, 0) is 6.42 Å². The average molecular weight is 205 g/mol. The summed E-state index contributed by atoms with van der Waals surface area (Å²) >= 11 is 0. The highest BCUT2D eigenvalue weighted by Crippen LogP contribution is 2.11. The molecule has 0 N–H and O–H groups in total. The Morgan fingerprint density at radius 3 is 2.40 bits per heavy atom. The first-order valence-electron chi connectivity index (χ1n) is 5.77. The van der Waals surface area contributed by atoms with E-state index in [2.05, 4.69) is 57.8 Å². The van der Waals surface area contributed by atoms with E-state index in [1.165, 1.54) is 16.7 Å². The molecule has 1 heteroatoms. The molecule has 0 fully saturated rings. The number of aryl methyl sites for hydroxylation is 2. The summed E-state index contributed by atoms with van der Waals surface area (Å²) in [7, 11) is 2.19. The Labute approximate surface area is 94.1 Å². The predicted molar refractivity (Wildman–Crippen MR) is 67.4 cm³/mol. The van der Waals surface area contributed by atoms with Crippen LogP contribution in [0, 0.1) is 13.8 Å². The fourth-order valence-corrected chi connectivity index (χ4v) is 1.68. The highest BCUT2D eigenvalue weighted by molar-refractivity contribution is 5.30. The maximum Gasteiger partial charge on any atom is 0.00356 e. The van der Waals surface area contributed by atoms with E-state index in [1.807, 2.05) is 0 Å². The van der Waals surface area contributed by atoms with Gasteiger partial charge in [-0.25, -0.2) is 0 Å². The zero-order valence-electron chi connectivity index (χ0n) is 10.7. The lowest BCUT2D eigenvalue weighted by Gasteiger charge is -2.21. The minimum absolute atomic E-state index is 0.635. The quantitative estimate of drug-likeness (QED) is 0.729. The van der Waals surface area contributed by atoms with Gasteiger partial charge < -0.3 is 4.90 Å². The molecule has 0 amide bonds. The van der Waals surface area contributed by atoms with Gasteiger partial charge in [0.1, 0.15) is 0 Å². The molecule has 0 heterocycles. The van der Waals surface area contributed by atoms with Gasteiger partial charge in [-0.3, -0.25) is 0 Å². The predicted octanol–water partition coefficient (Wildman–Crippen LogP) is 3.19. The van der Waals surface area contributed by atoms with Gasteiger partial charge in [0.05, 0.1) is 0 Å². The Morgan fingerprint density at radius 2 is 1.87 bits per heavy atom. The van der Waals surface area contributed by atoms with Gasteiger partial charge in [-0.15, -0.1) is 0 Å². The molecule has 0 bridgehead atoms. The SMILES string of the molecule is Cc1ccc(CCN(C)C(C)C)c(C)c1. The standard InChI is InChI=1S/C14H23N/c1-11(2)15(5)9-8-14-7-6-12(3)10-13(14)4/h6-7,10-11H,8-9H2,1-5H3. The van der Waals surface area contributed by atoms with Crippen LogP contribution in [0.25, 0.3) is 0 Å². The molecule has 0 radical (unpaired) electrons. The first kappa shape index (κ1) is 12.3. The molecule has 0 unspecified atom stereocenters. The largest absolute Gasteiger partial charge is 0.304 e. The second-order valence-corrected chi connectivity index (χ2v) is 4.75. The van der Waals surface area contributed by atoms with E-state index >= 15 is 0 Å². The lowest BCUT2D eigenvalue weighted by Crippen LogP contribution is -2.28. The molecule has 0 spiro atoms. The third-order valence-corrected chi connectivity index (χ3v) is 3.11. The molecule has 1 nitrogen and oxygen atoms in total. The summed E-state index contributed by atoms with van der Waals surface area (Å²) < 4.78 is 0.